The molecule has 1 heterocycles. The van der Waals surface area contributed by atoms with Gasteiger partial charge in [-0.05, 0) is 48.0 Å². The summed E-state index contributed by atoms with van der Waals surface area (Å²) in [5.41, 5.74) is 5.52. The van der Waals surface area contributed by atoms with Gasteiger partial charge in [0.05, 0.1) is 4.47 Å². The molecule has 14 heavy (non-hydrogen) atoms. The summed E-state index contributed by atoms with van der Waals surface area (Å²) in [7, 11) is 2.04. The first-order valence-electron chi connectivity index (χ1n) is 4.70. The molecule has 1 atom stereocenters. The van der Waals surface area contributed by atoms with Gasteiger partial charge in [0.15, 0.2) is 0 Å². The number of hydrogen-bond donors (Lipinski definition) is 1. The summed E-state index contributed by atoms with van der Waals surface area (Å²) in [6, 6.07) is 4.31. The van der Waals surface area contributed by atoms with Crippen molar-refractivity contribution in [2.75, 3.05) is 18.5 Å². The number of halogens is 1. The van der Waals surface area contributed by atoms with Crippen molar-refractivity contribution in [3.8, 4) is 0 Å². The Morgan fingerprint density at radius 3 is 2.93 bits per heavy atom. The van der Waals surface area contributed by atoms with E-state index in [1.807, 2.05) is 19.2 Å². The number of pyridine rings is 1. The third kappa shape index (κ3) is 2.69. The van der Waals surface area contributed by atoms with Crippen LogP contribution in [0.3, 0.4) is 0 Å². The third-order valence-corrected chi connectivity index (χ3v) is 2.94. The van der Waals surface area contributed by atoms with Crippen molar-refractivity contribution >= 4 is 21.7 Å². The van der Waals surface area contributed by atoms with E-state index in [1.165, 1.54) is 0 Å². The first-order chi connectivity index (χ1) is 6.66. The molecule has 0 aliphatic rings. The molecule has 0 radical (unpaired) electrons. The van der Waals surface area contributed by atoms with Gasteiger partial charge in [-0.25, -0.2) is 4.98 Å². The second kappa shape index (κ2) is 5.32. The molecule has 0 aliphatic heterocycles. The van der Waals surface area contributed by atoms with Gasteiger partial charge in [-0.2, -0.15) is 0 Å². The highest BCUT2D eigenvalue weighted by atomic mass is 79.9. The Balaban J connectivity index is 2.78. The summed E-state index contributed by atoms with van der Waals surface area (Å²) in [6.07, 6.45) is 2.77. The predicted molar refractivity (Wildman–Crippen MR) is 63.5 cm³/mol. The minimum absolute atomic E-state index is 0.409. The van der Waals surface area contributed by atoms with Gasteiger partial charge in [-0.15, -0.1) is 0 Å². The fourth-order valence-electron chi connectivity index (χ4n) is 1.28. The van der Waals surface area contributed by atoms with E-state index in [-0.39, 0.29) is 0 Å². The van der Waals surface area contributed by atoms with Crippen molar-refractivity contribution in [3.63, 3.8) is 0 Å². The van der Waals surface area contributed by atoms with Gasteiger partial charge < -0.3 is 10.6 Å². The van der Waals surface area contributed by atoms with Crippen LogP contribution in [-0.4, -0.2) is 24.6 Å². The average Bonchev–Trinajstić information content (AvgIpc) is 2.18. The Morgan fingerprint density at radius 2 is 2.36 bits per heavy atom. The number of aromatic nitrogens is 1. The molecule has 0 fully saturated rings. The summed E-state index contributed by atoms with van der Waals surface area (Å²) >= 11 is 3.48. The summed E-state index contributed by atoms with van der Waals surface area (Å²) in [5, 5.41) is 0. The van der Waals surface area contributed by atoms with Crippen molar-refractivity contribution in [3.05, 3.63) is 22.8 Å². The van der Waals surface area contributed by atoms with E-state index in [4.69, 9.17) is 5.73 Å². The molecule has 1 unspecified atom stereocenters. The van der Waals surface area contributed by atoms with E-state index >= 15 is 0 Å². The van der Waals surface area contributed by atoms with E-state index in [0.29, 0.717) is 12.6 Å². The molecule has 3 nitrogen and oxygen atoms in total. The minimum atomic E-state index is 0.409. The van der Waals surface area contributed by atoms with Crippen LogP contribution in [0.4, 0.5) is 5.82 Å². The summed E-state index contributed by atoms with van der Waals surface area (Å²) in [6.45, 7) is 2.85. The zero-order chi connectivity index (χ0) is 10.6. The normalized spacial score (nSPS) is 12.6. The van der Waals surface area contributed by atoms with E-state index in [2.05, 4.69) is 32.7 Å². The molecule has 0 aliphatic carbocycles. The fraction of sp³-hybridized carbons (Fsp3) is 0.500. The van der Waals surface area contributed by atoms with Crippen LogP contribution in [0.15, 0.2) is 22.8 Å². The van der Waals surface area contributed by atoms with Crippen LogP contribution in [0, 0.1) is 0 Å². The lowest BCUT2D eigenvalue weighted by Crippen LogP contribution is -2.31. The third-order valence-electron chi connectivity index (χ3n) is 2.32. The molecule has 2 N–H and O–H groups in total. The Kier molecular flexibility index (Phi) is 4.35. The smallest absolute Gasteiger partial charge is 0.142 e. The van der Waals surface area contributed by atoms with Crippen molar-refractivity contribution in [1.82, 2.24) is 4.98 Å². The van der Waals surface area contributed by atoms with Crippen molar-refractivity contribution in [1.29, 1.82) is 0 Å². The van der Waals surface area contributed by atoms with Gasteiger partial charge in [0.1, 0.15) is 5.82 Å². The maximum absolute atomic E-state index is 5.52. The van der Waals surface area contributed by atoms with Crippen molar-refractivity contribution in [2.24, 2.45) is 5.73 Å². The molecule has 0 aromatic carbocycles. The van der Waals surface area contributed by atoms with E-state index in [0.717, 1.165) is 16.7 Å². The quantitative estimate of drug-likeness (QED) is 0.898. The van der Waals surface area contributed by atoms with E-state index in [9.17, 15) is 0 Å². The first kappa shape index (κ1) is 11.5. The molecular formula is C10H16BrN3. The second-order valence-corrected chi connectivity index (χ2v) is 4.20. The van der Waals surface area contributed by atoms with Crippen LogP contribution in [0.5, 0.6) is 0 Å². The number of nitrogens with zero attached hydrogens (tertiary/aromatic N) is 2. The molecule has 1 aromatic heterocycles. The monoisotopic (exact) mass is 257 g/mol. The van der Waals surface area contributed by atoms with Crippen LogP contribution >= 0.6 is 15.9 Å². The van der Waals surface area contributed by atoms with Gasteiger partial charge in [0.2, 0.25) is 0 Å². The average molecular weight is 258 g/mol. The largest absolute Gasteiger partial charge is 0.356 e. The van der Waals surface area contributed by atoms with Gasteiger partial charge in [0, 0.05) is 19.3 Å². The molecule has 1 rings (SSSR count). The zero-order valence-electron chi connectivity index (χ0n) is 8.57. The fourth-order valence-corrected chi connectivity index (χ4v) is 1.82. The molecule has 4 heteroatoms. The highest BCUT2D eigenvalue weighted by Gasteiger charge is 2.12. The lowest BCUT2D eigenvalue weighted by molar-refractivity contribution is 0.628. The van der Waals surface area contributed by atoms with E-state index in [1.54, 1.807) is 6.20 Å². The SMILES string of the molecule is CC(CCN)N(C)c1ncccc1Br. The first-order valence-corrected chi connectivity index (χ1v) is 5.49. The summed E-state index contributed by atoms with van der Waals surface area (Å²) in [5.74, 6) is 0.966. The summed E-state index contributed by atoms with van der Waals surface area (Å²) in [4.78, 5) is 6.46. The molecule has 0 spiro atoms. The molecule has 0 bridgehead atoms. The standard InChI is InChI=1S/C10H16BrN3/c1-8(5-6-12)14(2)10-9(11)4-3-7-13-10/h3-4,7-8H,5-6,12H2,1-2H3. The zero-order valence-corrected chi connectivity index (χ0v) is 10.2. The molecule has 0 saturated carbocycles. The molecule has 1 aromatic rings. The van der Waals surface area contributed by atoms with Crippen LogP contribution in [0.2, 0.25) is 0 Å². The van der Waals surface area contributed by atoms with E-state index < -0.39 is 0 Å². The minimum Gasteiger partial charge on any atom is -0.356 e. The van der Waals surface area contributed by atoms with Crippen molar-refractivity contribution in [2.45, 2.75) is 19.4 Å². The van der Waals surface area contributed by atoms with Gasteiger partial charge >= 0.3 is 0 Å². The molecule has 0 saturated heterocycles. The highest BCUT2D eigenvalue weighted by Crippen LogP contribution is 2.23. The second-order valence-electron chi connectivity index (χ2n) is 3.35. The number of anilines is 1. The van der Waals surface area contributed by atoms with Gasteiger partial charge in [0.25, 0.3) is 0 Å². The van der Waals surface area contributed by atoms with Gasteiger partial charge in [-0.3, -0.25) is 0 Å². The molecule has 78 valence electrons. The lowest BCUT2D eigenvalue weighted by atomic mass is 10.2. The Hall–Kier alpha value is -0.610. The lowest BCUT2D eigenvalue weighted by Gasteiger charge is -2.26. The maximum Gasteiger partial charge on any atom is 0.142 e. The van der Waals surface area contributed by atoms with Crippen molar-refractivity contribution < 1.29 is 0 Å². The maximum atomic E-state index is 5.52. The Labute approximate surface area is 93.4 Å². The number of nitrogens with two attached hydrogens (primary N) is 1. The van der Waals surface area contributed by atoms with Crippen LogP contribution in [0.25, 0.3) is 0 Å². The summed E-state index contributed by atoms with van der Waals surface area (Å²) < 4.78 is 1.02. The topological polar surface area (TPSA) is 42.1 Å². The predicted octanol–water partition coefficient (Wildman–Crippen LogP) is 2.02. The number of hydrogen-bond acceptors (Lipinski definition) is 3. The Bertz CT molecular complexity index is 290. The van der Waals surface area contributed by atoms with Crippen LogP contribution in [0.1, 0.15) is 13.3 Å². The highest BCUT2D eigenvalue weighted by molar-refractivity contribution is 9.10. The molecular weight excluding hydrogens is 242 g/mol. The van der Waals surface area contributed by atoms with Gasteiger partial charge in [-0.1, -0.05) is 0 Å². The van der Waals surface area contributed by atoms with Crippen LogP contribution in [-0.2, 0) is 0 Å². The Morgan fingerprint density at radius 1 is 1.64 bits per heavy atom. The van der Waals surface area contributed by atoms with Crippen LogP contribution < -0.4 is 10.6 Å². The molecule has 0 amide bonds. The number of rotatable bonds is 4.